The summed E-state index contributed by atoms with van der Waals surface area (Å²) in [6.07, 6.45) is 3.99. The Hall–Kier alpha value is -1.08. The van der Waals surface area contributed by atoms with E-state index in [0.717, 1.165) is 38.2 Å². The summed E-state index contributed by atoms with van der Waals surface area (Å²) in [5.74, 6) is -1.90. The van der Waals surface area contributed by atoms with Gasteiger partial charge in [0.05, 0.1) is 16.6 Å². The number of aromatic nitrogens is 1. The maximum Gasteiger partial charge on any atom is 0.251 e. The predicted molar refractivity (Wildman–Crippen MR) is 92.9 cm³/mol. The molecule has 4 rings (SSSR count). The first kappa shape index (κ1) is 17.3. The van der Waals surface area contributed by atoms with Crippen molar-refractivity contribution in [2.75, 3.05) is 26.2 Å². The minimum absolute atomic E-state index is 0.0537. The van der Waals surface area contributed by atoms with Crippen molar-refractivity contribution in [1.82, 2.24) is 14.8 Å². The molecule has 1 aliphatic carbocycles. The topological polar surface area (TPSA) is 36.4 Å². The normalized spacial score (nSPS) is 27.4. The van der Waals surface area contributed by atoms with Crippen LogP contribution in [0.4, 0.5) is 8.78 Å². The van der Waals surface area contributed by atoms with Crippen LogP contribution in [0.1, 0.15) is 55.1 Å². The Balaban J connectivity index is 1.31. The molecule has 2 saturated heterocycles. The molecule has 2 aliphatic heterocycles. The second-order valence-corrected chi connectivity index (χ2v) is 8.60. The summed E-state index contributed by atoms with van der Waals surface area (Å²) in [4.78, 5) is 21.4. The molecule has 3 fully saturated rings. The zero-order valence-electron chi connectivity index (χ0n) is 14.4. The lowest BCUT2D eigenvalue weighted by molar-refractivity contribution is -0.143. The van der Waals surface area contributed by atoms with Crippen LogP contribution in [0.15, 0.2) is 5.38 Å². The number of carbonyl (C=O) groups excluding carboxylic acids is 1. The van der Waals surface area contributed by atoms with Crippen molar-refractivity contribution in [2.45, 2.75) is 56.9 Å². The fourth-order valence-electron chi connectivity index (χ4n) is 3.86. The van der Waals surface area contributed by atoms with Gasteiger partial charge >= 0.3 is 0 Å². The smallest absolute Gasteiger partial charge is 0.251 e. The molecule has 3 heterocycles. The standard InChI is InChI=1S/C18H25F2N3OS/c19-18(20)5-8-23(9-6-18)17(24)14-2-1-7-22(10-14)11-15-12-25-16(21-15)13-3-4-13/h12-14H,1-11H2. The van der Waals surface area contributed by atoms with Crippen LogP contribution in [0.25, 0.3) is 0 Å². The number of thiazole rings is 1. The van der Waals surface area contributed by atoms with Crippen LogP contribution in [-0.2, 0) is 11.3 Å². The van der Waals surface area contributed by atoms with Gasteiger partial charge < -0.3 is 4.90 Å². The summed E-state index contributed by atoms with van der Waals surface area (Å²) in [6, 6.07) is 0. The quantitative estimate of drug-likeness (QED) is 0.815. The summed E-state index contributed by atoms with van der Waals surface area (Å²) < 4.78 is 26.6. The first-order valence-corrected chi connectivity index (χ1v) is 10.2. The third-order valence-electron chi connectivity index (χ3n) is 5.54. The molecule has 7 heteroatoms. The zero-order chi connectivity index (χ0) is 17.4. The molecule has 0 bridgehead atoms. The van der Waals surface area contributed by atoms with Crippen LogP contribution < -0.4 is 0 Å². The van der Waals surface area contributed by atoms with E-state index in [1.807, 2.05) is 0 Å². The molecule has 1 saturated carbocycles. The van der Waals surface area contributed by atoms with Gasteiger partial charge in [0.1, 0.15) is 0 Å². The molecular formula is C18H25F2N3OS. The summed E-state index contributed by atoms with van der Waals surface area (Å²) in [7, 11) is 0. The minimum Gasteiger partial charge on any atom is -0.342 e. The average molecular weight is 369 g/mol. The second-order valence-electron chi connectivity index (χ2n) is 7.71. The molecule has 0 aromatic carbocycles. The Bertz CT molecular complexity index is 622. The van der Waals surface area contributed by atoms with Crippen molar-refractivity contribution in [3.8, 4) is 0 Å². The van der Waals surface area contributed by atoms with E-state index >= 15 is 0 Å². The SMILES string of the molecule is O=C(C1CCCN(Cc2csc(C3CC3)n2)C1)N1CCC(F)(F)CC1. The zero-order valence-corrected chi connectivity index (χ0v) is 15.2. The molecule has 0 spiro atoms. The molecule has 0 N–H and O–H groups in total. The number of piperidine rings is 2. The summed E-state index contributed by atoms with van der Waals surface area (Å²) in [5, 5.41) is 3.40. The van der Waals surface area contributed by atoms with Gasteiger partial charge in [-0.1, -0.05) is 0 Å². The minimum atomic E-state index is -2.60. The van der Waals surface area contributed by atoms with Gasteiger partial charge in [0.15, 0.2) is 0 Å². The molecule has 1 aromatic heterocycles. The van der Waals surface area contributed by atoms with Crippen molar-refractivity contribution < 1.29 is 13.6 Å². The molecule has 1 atom stereocenters. The van der Waals surface area contributed by atoms with Gasteiger partial charge in [0.25, 0.3) is 5.92 Å². The summed E-state index contributed by atoms with van der Waals surface area (Å²) >= 11 is 1.75. The Morgan fingerprint density at radius 3 is 2.72 bits per heavy atom. The highest BCUT2D eigenvalue weighted by Gasteiger charge is 2.38. The van der Waals surface area contributed by atoms with Crippen LogP contribution in [0.2, 0.25) is 0 Å². The highest BCUT2D eigenvalue weighted by molar-refractivity contribution is 7.09. The highest BCUT2D eigenvalue weighted by atomic mass is 32.1. The van der Waals surface area contributed by atoms with E-state index in [1.165, 1.54) is 17.8 Å². The van der Waals surface area contributed by atoms with E-state index in [4.69, 9.17) is 4.98 Å². The van der Waals surface area contributed by atoms with Gasteiger partial charge in [-0.2, -0.15) is 0 Å². The molecule has 25 heavy (non-hydrogen) atoms. The Morgan fingerprint density at radius 1 is 1.24 bits per heavy atom. The summed E-state index contributed by atoms with van der Waals surface area (Å²) in [5.41, 5.74) is 1.11. The van der Waals surface area contributed by atoms with Crippen molar-refractivity contribution in [1.29, 1.82) is 0 Å². The number of amides is 1. The maximum absolute atomic E-state index is 13.3. The lowest BCUT2D eigenvalue weighted by Gasteiger charge is -2.37. The van der Waals surface area contributed by atoms with Crippen LogP contribution in [0.3, 0.4) is 0 Å². The van der Waals surface area contributed by atoms with E-state index in [1.54, 1.807) is 16.2 Å². The van der Waals surface area contributed by atoms with E-state index in [-0.39, 0.29) is 37.8 Å². The van der Waals surface area contributed by atoms with Crippen LogP contribution in [-0.4, -0.2) is 52.8 Å². The van der Waals surface area contributed by atoms with E-state index < -0.39 is 5.92 Å². The highest BCUT2D eigenvalue weighted by Crippen LogP contribution is 2.41. The van der Waals surface area contributed by atoms with Crippen molar-refractivity contribution >= 4 is 17.2 Å². The number of hydrogen-bond donors (Lipinski definition) is 0. The molecule has 1 unspecified atom stereocenters. The Labute approximate surface area is 151 Å². The van der Waals surface area contributed by atoms with Crippen LogP contribution >= 0.6 is 11.3 Å². The van der Waals surface area contributed by atoms with E-state index in [9.17, 15) is 13.6 Å². The van der Waals surface area contributed by atoms with E-state index in [0.29, 0.717) is 5.92 Å². The second kappa shape index (κ2) is 6.91. The third-order valence-corrected chi connectivity index (χ3v) is 6.60. The summed E-state index contributed by atoms with van der Waals surface area (Å²) in [6.45, 7) is 2.89. The Morgan fingerprint density at radius 2 is 2.00 bits per heavy atom. The number of halogens is 2. The number of nitrogens with zero attached hydrogens (tertiary/aromatic N) is 3. The molecule has 1 amide bonds. The van der Waals surface area contributed by atoms with Gasteiger partial charge in [-0.25, -0.2) is 13.8 Å². The number of rotatable bonds is 4. The lowest BCUT2D eigenvalue weighted by Crippen LogP contribution is -2.48. The average Bonchev–Trinajstić information content (AvgIpc) is 3.35. The van der Waals surface area contributed by atoms with Gasteiger partial charge in [0, 0.05) is 50.3 Å². The fraction of sp³-hybridized carbons (Fsp3) is 0.778. The third kappa shape index (κ3) is 4.19. The Kier molecular flexibility index (Phi) is 4.79. The molecule has 138 valence electrons. The molecule has 4 nitrogen and oxygen atoms in total. The van der Waals surface area contributed by atoms with Crippen molar-refractivity contribution in [2.24, 2.45) is 5.92 Å². The lowest BCUT2D eigenvalue weighted by atomic mass is 9.95. The number of hydrogen-bond acceptors (Lipinski definition) is 4. The predicted octanol–water partition coefficient (Wildman–Crippen LogP) is 3.49. The first-order chi connectivity index (χ1) is 12.0. The van der Waals surface area contributed by atoms with Crippen LogP contribution in [0, 0.1) is 5.92 Å². The first-order valence-electron chi connectivity index (χ1n) is 9.33. The maximum atomic E-state index is 13.3. The van der Waals surface area contributed by atoms with E-state index in [2.05, 4.69) is 10.3 Å². The van der Waals surface area contributed by atoms with Crippen molar-refractivity contribution in [3.63, 3.8) is 0 Å². The molecule has 0 radical (unpaired) electrons. The molecule has 1 aromatic rings. The number of likely N-dealkylation sites (tertiary alicyclic amines) is 2. The van der Waals surface area contributed by atoms with Crippen molar-refractivity contribution in [3.05, 3.63) is 16.1 Å². The van der Waals surface area contributed by atoms with Gasteiger partial charge in [0.2, 0.25) is 5.91 Å². The van der Waals surface area contributed by atoms with Crippen LogP contribution in [0.5, 0.6) is 0 Å². The van der Waals surface area contributed by atoms with Gasteiger partial charge in [-0.3, -0.25) is 9.69 Å². The monoisotopic (exact) mass is 369 g/mol. The number of carbonyl (C=O) groups is 1. The number of alkyl halides is 2. The van der Waals surface area contributed by atoms with Gasteiger partial charge in [-0.15, -0.1) is 11.3 Å². The molecular weight excluding hydrogens is 344 g/mol. The molecule has 3 aliphatic rings. The van der Waals surface area contributed by atoms with Gasteiger partial charge in [-0.05, 0) is 32.2 Å². The largest absolute Gasteiger partial charge is 0.342 e. The fourth-order valence-corrected chi connectivity index (χ4v) is 4.84.